The summed E-state index contributed by atoms with van der Waals surface area (Å²) in [5.74, 6) is 1.52. The molecular formula is C13H20FNS. The van der Waals surface area contributed by atoms with Gasteiger partial charge >= 0.3 is 0 Å². The molecule has 0 bridgehead atoms. The van der Waals surface area contributed by atoms with Gasteiger partial charge in [0.25, 0.3) is 0 Å². The second-order valence-electron chi connectivity index (χ2n) is 4.00. The minimum absolute atomic E-state index is 0.116. The maximum absolute atomic E-state index is 13.2. The smallest absolute Gasteiger partial charge is 0.136 e. The molecule has 1 aromatic carbocycles. The third kappa shape index (κ3) is 4.99. The van der Waals surface area contributed by atoms with Crippen molar-refractivity contribution in [2.24, 2.45) is 5.92 Å². The van der Waals surface area contributed by atoms with E-state index in [4.69, 9.17) is 0 Å². The first-order chi connectivity index (χ1) is 7.74. The highest BCUT2D eigenvalue weighted by molar-refractivity contribution is 7.99. The Bertz CT molecular complexity index is 304. The van der Waals surface area contributed by atoms with Gasteiger partial charge in [-0.2, -0.15) is 0 Å². The standard InChI is InChI=1S/C13H20FNS/c1-3-11(2)10-15-8-9-16-13-7-5-4-6-12(13)14/h4-7,11,15H,3,8-10H2,1-2H3. The Morgan fingerprint density at radius 2 is 2.12 bits per heavy atom. The van der Waals surface area contributed by atoms with Gasteiger partial charge in [-0.15, -0.1) is 11.8 Å². The molecule has 16 heavy (non-hydrogen) atoms. The zero-order valence-corrected chi connectivity index (χ0v) is 10.8. The lowest BCUT2D eigenvalue weighted by molar-refractivity contribution is 0.511. The molecule has 0 saturated carbocycles. The Hall–Kier alpha value is -0.540. The first-order valence-electron chi connectivity index (χ1n) is 5.82. The van der Waals surface area contributed by atoms with Crippen molar-refractivity contribution in [3.05, 3.63) is 30.1 Å². The topological polar surface area (TPSA) is 12.0 Å². The molecule has 0 aliphatic rings. The van der Waals surface area contributed by atoms with Crippen LogP contribution >= 0.6 is 11.8 Å². The van der Waals surface area contributed by atoms with Crippen LogP contribution in [0.15, 0.2) is 29.2 Å². The summed E-state index contributed by atoms with van der Waals surface area (Å²) in [6.45, 7) is 6.41. The number of rotatable bonds is 7. The summed E-state index contributed by atoms with van der Waals surface area (Å²) in [5.41, 5.74) is 0. The van der Waals surface area contributed by atoms with E-state index in [9.17, 15) is 4.39 Å². The van der Waals surface area contributed by atoms with Crippen molar-refractivity contribution in [2.45, 2.75) is 25.2 Å². The zero-order valence-electron chi connectivity index (χ0n) is 10.0. The van der Waals surface area contributed by atoms with Crippen LogP contribution in [0.5, 0.6) is 0 Å². The third-order valence-corrected chi connectivity index (χ3v) is 3.61. The number of benzene rings is 1. The van der Waals surface area contributed by atoms with E-state index in [0.29, 0.717) is 0 Å². The average molecular weight is 241 g/mol. The maximum Gasteiger partial charge on any atom is 0.136 e. The third-order valence-electron chi connectivity index (χ3n) is 2.56. The van der Waals surface area contributed by atoms with Crippen LogP contribution in [0.25, 0.3) is 0 Å². The van der Waals surface area contributed by atoms with E-state index in [1.54, 1.807) is 17.8 Å². The van der Waals surface area contributed by atoms with E-state index >= 15 is 0 Å². The summed E-state index contributed by atoms with van der Waals surface area (Å²) < 4.78 is 13.2. The van der Waals surface area contributed by atoms with Crippen LogP contribution in [-0.4, -0.2) is 18.8 Å². The van der Waals surface area contributed by atoms with E-state index in [2.05, 4.69) is 19.2 Å². The van der Waals surface area contributed by atoms with Crippen LogP contribution in [0.4, 0.5) is 4.39 Å². The van der Waals surface area contributed by atoms with Crippen LogP contribution < -0.4 is 5.32 Å². The molecule has 0 amide bonds. The van der Waals surface area contributed by atoms with Gasteiger partial charge in [0.2, 0.25) is 0 Å². The van der Waals surface area contributed by atoms with Crippen molar-refractivity contribution >= 4 is 11.8 Å². The number of hydrogen-bond acceptors (Lipinski definition) is 2. The van der Waals surface area contributed by atoms with E-state index in [1.807, 2.05) is 12.1 Å². The highest BCUT2D eigenvalue weighted by atomic mass is 32.2. The van der Waals surface area contributed by atoms with E-state index in [-0.39, 0.29) is 5.82 Å². The van der Waals surface area contributed by atoms with Crippen molar-refractivity contribution in [2.75, 3.05) is 18.8 Å². The number of hydrogen-bond donors (Lipinski definition) is 1. The highest BCUT2D eigenvalue weighted by Crippen LogP contribution is 2.20. The molecule has 0 fully saturated rings. The second-order valence-corrected chi connectivity index (χ2v) is 5.13. The van der Waals surface area contributed by atoms with E-state index in [0.717, 1.165) is 29.7 Å². The van der Waals surface area contributed by atoms with Crippen LogP contribution in [0.1, 0.15) is 20.3 Å². The van der Waals surface area contributed by atoms with Crippen LogP contribution in [0.3, 0.4) is 0 Å². The summed E-state index contributed by atoms with van der Waals surface area (Å²) in [6, 6.07) is 6.93. The Labute approximate surface area is 102 Å². The molecule has 1 unspecified atom stereocenters. The van der Waals surface area contributed by atoms with Crippen LogP contribution in [0, 0.1) is 11.7 Å². The molecule has 0 heterocycles. The predicted molar refractivity (Wildman–Crippen MR) is 69.4 cm³/mol. The summed E-state index contributed by atoms with van der Waals surface area (Å²) in [5, 5.41) is 3.38. The van der Waals surface area contributed by atoms with E-state index < -0.39 is 0 Å². The number of nitrogens with one attached hydrogen (secondary N) is 1. The zero-order chi connectivity index (χ0) is 11.8. The Balaban J connectivity index is 2.14. The van der Waals surface area contributed by atoms with Crippen LogP contribution in [-0.2, 0) is 0 Å². The molecule has 3 heteroatoms. The molecule has 0 saturated heterocycles. The monoisotopic (exact) mass is 241 g/mol. The van der Waals surface area contributed by atoms with Gasteiger partial charge in [-0.05, 0) is 24.6 Å². The lowest BCUT2D eigenvalue weighted by atomic mass is 10.1. The Kier molecular flexibility index (Phi) is 6.50. The molecule has 1 atom stereocenters. The van der Waals surface area contributed by atoms with Crippen molar-refractivity contribution in [1.82, 2.24) is 5.32 Å². The highest BCUT2D eigenvalue weighted by Gasteiger charge is 2.01. The number of thioether (sulfide) groups is 1. The lowest BCUT2D eigenvalue weighted by Gasteiger charge is -2.09. The first kappa shape index (κ1) is 13.5. The molecule has 0 aliphatic carbocycles. The Morgan fingerprint density at radius 3 is 2.81 bits per heavy atom. The molecule has 0 aliphatic heterocycles. The summed E-state index contributed by atoms with van der Waals surface area (Å²) in [7, 11) is 0. The molecule has 90 valence electrons. The largest absolute Gasteiger partial charge is 0.316 e. The van der Waals surface area contributed by atoms with Crippen molar-refractivity contribution in [3.63, 3.8) is 0 Å². The molecule has 1 aromatic rings. The van der Waals surface area contributed by atoms with E-state index in [1.165, 1.54) is 12.5 Å². The molecule has 1 N–H and O–H groups in total. The molecule has 0 spiro atoms. The maximum atomic E-state index is 13.2. The van der Waals surface area contributed by atoms with Crippen molar-refractivity contribution < 1.29 is 4.39 Å². The summed E-state index contributed by atoms with van der Waals surface area (Å²) >= 11 is 1.57. The molecule has 1 rings (SSSR count). The Morgan fingerprint density at radius 1 is 1.38 bits per heavy atom. The molecular weight excluding hydrogens is 221 g/mol. The van der Waals surface area contributed by atoms with Gasteiger partial charge in [-0.1, -0.05) is 32.4 Å². The molecule has 0 radical (unpaired) electrons. The normalized spacial score (nSPS) is 12.7. The van der Waals surface area contributed by atoms with Gasteiger partial charge in [0, 0.05) is 17.2 Å². The molecule has 1 nitrogen and oxygen atoms in total. The second kappa shape index (κ2) is 7.69. The van der Waals surface area contributed by atoms with Gasteiger partial charge in [-0.3, -0.25) is 0 Å². The van der Waals surface area contributed by atoms with Gasteiger partial charge in [0.1, 0.15) is 5.82 Å². The fraction of sp³-hybridized carbons (Fsp3) is 0.538. The summed E-state index contributed by atoms with van der Waals surface area (Å²) in [4.78, 5) is 0.743. The SMILES string of the molecule is CCC(C)CNCCSc1ccccc1F. The quantitative estimate of drug-likeness (QED) is 0.579. The average Bonchev–Trinajstić information content (AvgIpc) is 2.30. The van der Waals surface area contributed by atoms with Gasteiger partial charge in [0.15, 0.2) is 0 Å². The van der Waals surface area contributed by atoms with Crippen molar-refractivity contribution in [1.29, 1.82) is 0 Å². The van der Waals surface area contributed by atoms with Crippen molar-refractivity contribution in [3.8, 4) is 0 Å². The first-order valence-corrected chi connectivity index (χ1v) is 6.80. The number of halogens is 1. The van der Waals surface area contributed by atoms with Gasteiger partial charge in [-0.25, -0.2) is 4.39 Å². The predicted octanol–water partition coefficient (Wildman–Crippen LogP) is 3.55. The minimum atomic E-state index is -0.116. The van der Waals surface area contributed by atoms with Gasteiger partial charge in [0.05, 0.1) is 0 Å². The fourth-order valence-electron chi connectivity index (χ4n) is 1.29. The van der Waals surface area contributed by atoms with Gasteiger partial charge < -0.3 is 5.32 Å². The lowest BCUT2D eigenvalue weighted by Crippen LogP contribution is -2.23. The fourth-order valence-corrected chi connectivity index (χ4v) is 2.13. The van der Waals surface area contributed by atoms with Crippen LogP contribution in [0.2, 0.25) is 0 Å². The summed E-state index contributed by atoms with van der Waals surface area (Å²) in [6.07, 6.45) is 1.20. The minimum Gasteiger partial charge on any atom is -0.316 e. The molecule has 0 aromatic heterocycles.